The summed E-state index contributed by atoms with van der Waals surface area (Å²) in [6.45, 7) is 11.5. The van der Waals surface area contributed by atoms with E-state index in [1.54, 1.807) is 0 Å². The van der Waals surface area contributed by atoms with E-state index in [4.69, 9.17) is 4.74 Å². The lowest BCUT2D eigenvalue weighted by Gasteiger charge is -2.20. The van der Waals surface area contributed by atoms with E-state index >= 15 is 0 Å². The van der Waals surface area contributed by atoms with Gasteiger partial charge in [-0.25, -0.2) is 4.79 Å². The van der Waals surface area contributed by atoms with Crippen molar-refractivity contribution in [3.8, 4) is 0 Å². The van der Waals surface area contributed by atoms with Crippen LogP contribution in [0, 0.1) is 5.92 Å². The zero-order valence-electron chi connectivity index (χ0n) is 13.7. The Hall–Kier alpha value is -1.30. The predicted molar refractivity (Wildman–Crippen MR) is 82.1 cm³/mol. The SMILES string of the molecule is CC(=O)NCCN1CCC(CCNC(=O)OC(C)(C)C)C1. The molecule has 0 aromatic carbocycles. The van der Waals surface area contributed by atoms with Crippen LogP contribution in [0.1, 0.15) is 40.5 Å². The van der Waals surface area contributed by atoms with Crippen LogP contribution in [-0.4, -0.2) is 55.2 Å². The molecule has 0 bridgehead atoms. The number of ether oxygens (including phenoxy) is 1. The number of likely N-dealkylation sites (tertiary alicyclic amines) is 1. The molecule has 1 aliphatic heterocycles. The molecule has 6 nitrogen and oxygen atoms in total. The third-order valence-electron chi connectivity index (χ3n) is 3.39. The van der Waals surface area contributed by atoms with Crippen LogP contribution in [0.3, 0.4) is 0 Å². The second-order valence-electron chi connectivity index (χ2n) is 6.66. The van der Waals surface area contributed by atoms with E-state index in [2.05, 4.69) is 15.5 Å². The van der Waals surface area contributed by atoms with E-state index in [0.29, 0.717) is 19.0 Å². The summed E-state index contributed by atoms with van der Waals surface area (Å²) in [7, 11) is 0. The Kier molecular flexibility index (Phi) is 6.95. The molecule has 1 unspecified atom stereocenters. The highest BCUT2D eigenvalue weighted by atomic mass is 16.6. The van der Waals surface area contributed by atoms with Gasteiger partial charge < -0.3 is 20.3 Å². The van der Waals surface area contributed by atoms with Crippen molar-refractivity contribution in [2.45, 2.75) is 46.1 Å². The quantitative estimate of drug-likeness (QED) is 0.777. The molecule has 1 aliphatic rings. The van der Waals surface area contributed by atoms with Gasteiger partial charge in [-0.2, -0.15) is 0 Å². The van der Waals surface area contributed by atoms with E-state index < -0.39 is 5.60 Å². The Bertz CT molecular complexity index is 353. The molecule has 6 heteroatoms. The van der Waals surface area contributed by atoms with Gasteiger partial charge in [-0.3, -0.25) is 4.79 Å². The summed E-state index contributed by atoms with van der Waals surface area (Å²) in [6.07, 6.45) is 1.77. The third-order valence-corrected chi connectivity index (χ3v) is 3.39. The largest absolute Gasteiger partial charge is 0.444 e. The number of nitrogens with one attached hydrogen (secondary N) is 2. The fraction of sp³-hybridized carbons (Fsp3) is 0.867. The summed E-state index contributed by atoms with van der Waals surface area (Å²) < 4.78 is 5.20. The second-order valence-corrected chi connectivity index (χ2v) is 6.66. The van der Waals surface area contributed by atoms with E-state index in [-0.39, 0.29) is 12.0 Å². The molecule has 0 aliphatic carbocycles. The van der Waals surface area contributed by atoms with Gasteiger partial charge in [0.05, 0.1) is 0 Å². The molecule has 1 atom stereocenters. The summed E-state index contributed by atoms with van der Waals surface area (Å²) in [4.78, 5) is 24.7. The highest BCUT2D eigenvalue weighted by molar-refractivity contribution is 5.72. The Morgan fingerprint density at radius 2 is 1.95 bits per heavy atom. The molecule has 2 N–H and O–H groups in total. The second kappa shape index (κ2) is 8.22. The van der Waals surface area contributed by atoms with E-state index in [1.807, 2.05) is 20.8 Å². The van der Waals surface area contributed by atoms with Gasteiger partial charge in [0.1, 0.15) is 5.60 Å². The monoisotopic (exact) mass is 299 g/mol. The van der Waals surface area contributed by atoms with E-state index in [1.165, 1.54) is 6.92 Å². The summed E-state index contributed by atoms with van der Waals surface area (Å²) >= 11 is 0. The summed E-state index contributed by atoms with van der Waals surface area (Å²) in [5.41, 5.74) is -0.446. The highest BCUT2D eigenvalue weighted by Gasteiger charge is 2.22. The lowest BCUT2D eigenvalue weighted by Crippen LogP contribution is -2.34. The molecule has 0 aromatic rings. The smallest absolute Gasteiger partial charge is 0.407 e. The van der Waals surface area contributed by atoms with E-state index in [0.717, 1.165) is 32.5 Å². The van der Waals surface area contributed by atoms with Crippen LogP contribution >= 0.6 is 0 Å². The summed E-state index contributed by atoms with van der Waals surface area (Å²) in [6, 6.07) is 0. The molecule has 2 amide bonds. The molecule has 0 radical (unpaired) electrons. The van der Waals surface area contributed by atoms with Crippen molar-refractivity contribution >= 4 is 12.0 Å². The number of nitrogens with zero attached hydrogens (tertiary/aromatic N) is 1. The fourth-order valence-corrected chi connectivity index (χ4v) is 2.43. The maximum absolute atomic E-state index is 11.5. The Balaban J connectivity index is 2.09. The van der Waals surface area contributed by atoms with Crippen LogP contribution in [0.5, 0.6) is 0 Å². The van der Waals surface area contributed by atoms with Gasteiger partial charge in [0.2, 0.25) is 5.91 Å². The molecule has 122 valence electrons. The Labute approximate surface area is 127 Å². The molecular weight excluding hydrogens is 270 g/mol. The minimum atomic E-state index is -0.446. The number of carbonyl (C=O) groups excluding carboxylic acids is 2. The first-order valence-corrected chi connectivity index (χ1v) is 7.70. The zero-order chi connectivity index (χ0) is 15.9. The standard InChI is InChI=1S/C15H29N3O3/c1-12(19)16-8-10-18-9-6-13(11-18)5-7-17-14(20)21-15(2,3)4/h13H,5-11H2,1-4H3,(H,16,19)(H,17,20). The fourth-order valence-electron chi connectivity index (χ4n) is 2.43. The number of carbonyl (C=O) groups is 2. The predicted octanol–water partition coefficient (Wildman–Crippen LogP) is 1.36. The lowest BCUT2D eigenvalue weighted by atomic mass is 10.1. The topological polar surface area (TPSA) is 70.7 Å². The normalized spacial score (nSPS) is 19.3. The molecule has 1 rings (SSSR count). The van der Waals surface area contributed by atoms with Crippen molar-refractivity contribution < 1.29 is 14.3 Å². The zero-order valence-corrected chi connectivity index (χ0v) is 13.7. The molecular formula is C15H29N3O3. The van der Waals surface area contributed by atoms with Gasteiger partial charge in [0.25, 0.3) is 0 Å². The average molecular weight is 299 g/mol. The number of alkyl carbamates (subject to hydrolysis) is 1. The van der Waals surface area contributed by atoms with Crippen LogP contribution in [-0.2, 0) is 9.53 Å². The van der Waals surface area contributed by atoms with E-state index in [9.17, 15) is 9.59 Å². The Morgan fingerprint density at radius 1 is 1.24 bits per heavy atom. The molecule has 0 aromatic heterocycles. The van der Waals surface area contributed by atoms with Crippen molar-refractivity contribution in [1.82, 2.24) is 15.5 Å². The van der Waals surface area contributed by atoms with Gasteiger partial charge in [-0.15, -0.1) is 0 Å². The Morgan fingerprint density at radius 3 is 2.57 bits per heavy atom. The average Bonchev–Trinajstić information content (AvgIpc) is 2.74. The first-order chi connectivity index (χ1) is 9.76. The number of rotatable bonds is 6. The molecule has 1 fully saturated rings. The van der Waals surface area contributed by atoms with Crippen LogP contribution in [0.4, 0.5) is 4.79 Å². The molecule has 0 spiro atoms. The van der Waals surface area contributed by atoms with Crippen molar-refractivity contribution in [2.75, 3.05) is 32.7 Å². The minimum absolute atomic E-state index is 0.0207. The maximum atomic E-state index is 11.5. The van der Waals surface area contributed by atoms with Gasteiger partial charge >= 0.3 is 6.09 Å². The van der Waals surface area contributed by atoms with Crippen molar-refractivity contribution in [3.63, 3.8) is 0 Å². The molecule has 0 saturated carbocycles. The van der Waals surface area contributed by atoms with Crippen LogP contribution in [0.25, 0.3) is 0 Å². The summed E-state index contributed by atoms with van der Waals surface area (Å²) in [5.74, 6) is 0.629. The van der Waals surface area contributed by atoms with Crippen molar-refractivity contribution in [1.29, 1.82) is 0 Å². The van der Waals surface area contributed by atoms with Crippen LogP contribution in [0.15, 0.2) is 0 Å². The van der Waals surface area contributed by atoms with Crippen molar-refractivity contribution in [3.05, 3.63) is 0 Å². The third kappa shape index (κ3) is 8.55. The van der Waals surface area contributed by atoms with Gasteiger partial charge in [-0.1, -0.05) is 0 Å². The number of hydrogen-bond acceptors (Lipinski definition) is 4. The molecule has 1 saturated heterocycles. The maximum Gasteiger partial charge on any atom is 0.407 e. The lowest BCUT2D eigenvalue weighted by molar-refractivity contribution is -0.119. The first kappa shape index (κ1) is 17.8. The molecule has 1 heterocycles. The van der Waals surface area contributed by atoms with Gasteiger partial charge in [0, 0.05) is 33.1 Å². The number of amides is 2. The van der Waals surface area contributed by atoms with Crippen molar-refractivity contribution in [2.24, 2.45) is 5.92 Å². The van der Waals surface area contributed by atoms with Crippen LogP contribution in [0.2, 0.25) is 0 Å². The summed E-state index contributed by atoms with van der Waals surface area (Å²) in [5, 5.41) is 5.62. The number of hydrogen-bond donors (Lipinski definition) is 2. The van der Waals surface area contributed by atoms with Gasteiger partial charge in [0.15, 0.2) is 0 Å². The molecule has 21 heavy (non-hydrogen) atoms. The first-order valence-electron chi connectivity index (χ1n) is 7.70. The van der Waals surface area contributed by atoms with Gasteiger partial charge in [-0.05, 0) is 46.1 Å². The minimum Gasteiger partial charge on any atom is -0.444 e. The highest BCUT2D eigenvalue weighted by Crippen LogP contribution is 2.18. The van der Waals surface area contributed by atoms with Crippen LogP contribution < -0.4 is 10.6 Å².